The van der Waals surface area contributed by atoms with E-state index in [9.17, 15) is 9.59 Å². The average molecular weight is 312 g/mol. The zero-order chi connectivity index (χ0) is 16.1. The Kier molecular flexibility index (Phi) is 3.64. The van der Waals surface area contributed by atoms with Crippen molar-refractivity contribution in [2.45, 2.75) is 57.1 Å². The van der Waals surface area contributed by atoms with E-state index in [2.05, 4.69) is 4.74 Å². The van der Waals surface area contributed by atoms with Crippen LogP contribution in [-0.4, -0.2) is 55.4 Å². The Balaban J connectivity index is 1.84. The number of carbonyl (C=O) groups is 2. The van der Waals surface area contributed by atoms with Crippen LogP contribution in [0.3, 0.4) is 0 Å². The van der Waals surface area contributed by atoms with Crippen molar-refractivity contribution < 1.29 is 33.3 Å². The number of esters is 1. The van der Waals surface area contributed by atoms with Gasteiger partial charge in [-0.05, 0) is 20.8 Å². The van der Waals surface area contributed by atoms with Gasteiger partial charge in [-0.15, -0.1) is 0 Å². The fourth-order valence-electron chi connectivity index (χ4n) is 3.06. The van der Waals surface area contributed by atoms with Gasteiger partial charge < -0.3 is 23.7 Å². The molecule has 7 heteroatoms. The molecular formula is C15H20O7. The van der Waals surface area contributed by atoms with E-state index < -0.39 is 35.9 Å². The summed E-state index contributed by atoms with van der Waals surface area (Å²) in [6.07, 6.45) is -0.170. The average Bonchev–Trinajstić information content (AvgIpc) is 2.83. The summed E-state index contributed by atoms with van der Waals surface area (Å²) in [6, 6.07) is 0. The van der Waals surface area contributed by atoms with Gasteiger partial charge in [0.15, 0.2) is 17.9 Å². The minimum atomic E-state index is -0.806. The number of fused-ring (bicyclic) bond motifs is 3. The molecule has 0 aliphatic carbocycles. The number of rotatable bonds is 1. The van der Waals surface area contributed by atoms with E-state index in [1.165, 1.54) is 13.2 Å². The van der Waals surface area contributed by atoms with Crippen molar-refractivity contribution in [3.05, 3.63) is 11.6 Å². The summed E-state index contributed by atoms with van der Waals surface area (Å²) in [5, 5.41) is 0. The molecule has 0 bridgehead atoms. The smallest absolute Gasteiger partial charge is 0.330 e. The van der Waals surface area contributed by atoms with Crippen LogP contribution >= 0.6 is 0 Å². The number of methoxy groups -OCH3 is 1. The molecule has 122 valence electrons. The molecule has 0 N–H and O–H groups in total. The SMILES string of the molecule is COC(=O)/C=C1/CO[C@]2(C)[C@@H](CC1=O)O[C@@H]1OC(C)(C)O[C@@H]12. The molecule has 3 saturated heterocycles. The van der Waals surface area contributed by atoms with Crippen molar-refractivity contribution >= 4 is 11.8 Å². The van der Waals surface area contributed by atoms with Crippen molar-refractivity contribution in [3.63, 3.8) is 0 Å². The molecule has 0 aromatic heterocycles. The molecule has 3 aliphatic rings. The highest BCUT2D eigenvalue weighted by molar-refractivity contribution is 6.01. The number of ketones is 1. The summed E-state index contributed by atoms with van der Waals surface area (Å²) in [5.74, 6) is -1.53. The Hall–Kier alpha value is -1.28. The van der Waals surface area contributed by atoms with Gasteiger partial charge >= 0.3 is 5.97 Å². The molecule has 0 spiro atoms. The maximum Gasteiger partial charge on any atom is 0.330 e. The van der Waals surface area contributed by atoms with Gasteiger partial charge in [0, 0.05) is 18.1 Å². The van der Waals surface area contributed by atoms with Crippen molar-refractivity contribution in [2.24, 2.45) is 0 Å². The minimum absolute atomic E-state index is 0.0112. The maximum absolute atomic E-state index is 12.3. The van der Waals surface area contributed by atoms with Gasteiger partial charge in [-0.3, -0.25) is 4.79 Å². The van der Waals surface area contributed by atoms with E-state index in [0.717, 1.165) is 0 Å². The highest BCUT2D eigenvalue weighted by Crippen LogP contribution is 2.47. The van der Waals surface area contributed by atoms with E-state index in [1.807, 2.05) is 6.92 Å². The lowest BCUT2D eigenvalue weighted by molar-refractivity contribution is -0.231. The molecule has 3 rings (SSSR count). The van der Waals surface area contributed by atoms with E-state index >= 15 is 0 Å². The van der Waals surface area contributed by atoms with Crippen molar-refractivity contribution in [1.82, 2.24) is 0 Å². The number of hydrogen-bond donors (Lipinski definition) is 0. The first-order chi connectivity index (χ1) is 10.2. The summed E-state index contributed by atoms with van der Waals surface area (Å²) < 4.78 is 27.9. The maximum atomic E-state index is 12.3. The summed E-state index contributed by atoms with van der Waals surface area (Å²) in [6.45, 7) is 5.47. The van der Waals surface area contributed by atoms with Gasteiger partial charge in [-0.25, -0.2) is 4.79 Å². The first kappa shape index (κ1) is 15.6. The molecule has 7 nitrogen and oxygen atoms in total. The lowest BCUT2D eigenvalue weighted by Crippen LogP contribution is -2.48. The minimum Gasteiger partial charge on any atom is -0.466 e. The molecule has 3 heterocycles. The quantitative estimate of drug-likeness (QED) is 0.521. The highest BCUT2D eigenvalue weighted by Gasteiger charge is 2.63. The van der Waals surface area contributed by atoms with Crippen LogP contribution in [0.5, 0.6) is 0 Å². The molecule has 0 unspecified atom stereocenters. The molecule has 0 aromatic rings. The Morgan fingerprint density at radius 3 is 2.73 bits per heavy atom. The first-order valence-corrected chi connectivity index (χ1v) is 7.22. The second kappa shape index (κ2) is 5.13. The number of hydrogen-bond acceptors (Lipinski definition) is 7. The van der Waals surface area contributed by atoms with E-state index in [4.69, 9.17) is 18.9 Å². The van der Waals surface area contributed by atoms with Gasteiger partial charge in [0.1, 0.15) is 11.7 Å². The monoisotopic (exact) mass is 312 g/mol. The van der Waals surface area contributed by atoms with Crippen molar-refractivity contribution in [2.75, 3.05) is 13.7 Å². The van der Waals surface area contributed by atoms with Gasteiger partial charge in [-0.1, -0.05) is 0 Å². The highest BCUT2D eigenvalue weighted by atomic mass is 16.8. The van der Waals surface area contributed by atoms with Crippen LogP contribution in [0.25, 0.3) is 0 Å². The van der Waals surface area contributed by atoms with Gasteiger partial charge in [0.05, 0.1) is 19.8 Å². The fraction of sp³-hybridized carbons (Fsp3) is 0.733. The zero-order valence-electron chi connectivity index (χ0n) is 13.1. The Bertz CT molecular complexity index is 538. The second-order valence-corrected chi connectivity index (χ2v) is 6.34. The van der Waals surface area contributed by atoms with E-state index in [-0.39, 0.29) is 24.4 Å². The molecule has 22 heavy (non-hydrogen) atoms. The molecule has 4 atom stereocenters. The van der Waals surface area contributed by atoms with Crippen molar-refractivity contribution in [1.29, 1.82) is 0 Å². The Morgan fingerprint density at radius 1 is 1.32 bits per heavy atom. The molecule has 3 fully saturated rings. The van der Waals surface area contributed by atoms with Gasteiger partial charge in [-0.2, -0.15) is 0 Å². The first-order valence-electron chi connectivity index (χ1n) is 7.22. The lowest BCUT2D eigenvalue weighted by Gasteiger charge is -2.32. The molecule has 3 aliphatic heterocycles. The third kappa shape index (κ3) is 2.48. The predicted molar refractivity (Wildman–Crippen MR) is 72.8 cm³/mol. The van der Waals surface area contributed by atoms with Crippen LogP contribution in [0.2, 0.25) is 0 Å². The molecule has 0 saturated carbocycles. The van der Waals surface area contributed by atoms with Crippen LogP contribution < -0.4 is 0 Å². The molecule has 0 amide bonds. The number of carbonyl (C=O) groups excluding carboxylic acids is 2. The third-order valence-electron chi connectivity index (χ3n) is 4.32. The summed E-state index contributed by atoms with van der Waals surface area (Å²) in [7, 11) is 1.26. The predicted octanol–water partition coefficient (Wildman–Crippen LogP) is 0.710. The van der Waals surface area contributed by atoms with Crippen LogP contribution in [0.15, 0.2) is 11.6 Å². The van der Waals surface area contributed by atoms with Gasteiger partial charge in [0.2, 0.25) is 0 Å². The number of ether oxygens (including phenoxy) is 5. The topological polar surface area (TPSA) is 80.3 Å². The lowest BCUT2D eigenvalue weighted by atomic mass is 9.91. The summed E-state index contributed by atoms with van der Waals surface area (Å²) in [4.78, 5) is 23.6. The normalized spacial score (nSPS) is 41.9. The third-order valence-corrected chi connectivity index (χ3v) is 4.32. The Labute approximate surface area is 128 Å². The van der Waals surface area contributed by atoms with Crippen LogP contribution in [-0.2, 0) is 33.3 Å². The Morgan fingerprint density at radius 2 is 2.05 bits per heavy atom. The van der Waals surface area contributed by atoms with Gasteiger partial charge in [0.25, 0.3) is 0 Å². The van der Waals surface area contributed by atoms with Crippen molar-refractivity contribution in [3.8, 4) is 0 Å². The molecule has 0 aromatic carbocycles. The van der Waals surface area contributed by atoms with Crippen LogP contribution in [0.4, 0.5) is 0 Å². The number of Topliss-reactive ketones (excluding diaryl/α,β-unsaturated/α-hetero) is 1. The van der Waals surface area contributed by atoms with E-state index in [1.54, 1.807) is 13.8 Å². The zero-order valence-corrected chi connectivity index (χ0v) is 13.1. The largest absolute Gasteiger partial charge is 0.466 e. The second-order valence-electron chi connectivity index (χ2n) is 6.34. The fourth-order valence-corrected chi connectivity index (χ4v) is 3.06. The van der Waals surface area contributed by atoms with E-state index in [0.29, 0.717) is 0 Å². The molecule has 0 radical (unpaired) electrons. The standard InChI is InChI=1S/C15H20O7/c1-14(2)21-12-13(22-14)20-10-6-9(16)8(5-11(17)18-4)7-19-15(10,12)3/h5,10,12-13H,6-7H2,1-4H3/b8-5-/t10-,12+,13-,15-/m1/s1. The van der Waals surface area contributed by atoms with Crippen LogP contribution in [0.1, 0.15) is 27.2 Å². The molecular weight excluding hydrogens is 292 g/mol. The summed E-state index contributed by atoms with van der Waals surface area (Å²) in [5.41, 5.74) is -0.527. The van der Waals surface area contributed by atoms with Crippen LogP contribution in [0, 0.1) is 0 Å². The summed E-state index contributed by atoms with van der Waals surface area (Å²) >= 11 is 0.